The summed E-state index contributed by atoms with van der Waals surface area (Å²) in [6.45, 7) is 8.69. The van der Waals surface area contributed by atoms with Crippen LogP contribution < -0.4 is 4.74 Å². The van der Waals surface area contributed by atoms with Crippen molar-refractivity contribution < 1.29 is 25.8 Å². The van der Waals surface area contributed by atoms with Gasteiger partial charge in [-0.15, -0.1) is 35.7 Å². The van der Waals surface area contributed by atoms with Crippen molar-refractivity contribution in [2.45, 2.75) is 40.5 Å². The molecule has 220 valence electrons. The smallest absolute Gasteiger partial charge is 0.509 e. The van der Waals surface area contributed by atoms with Gasteiger partial charge in [0.15, 0.2) is 0 Å². The number of fused-ring (bicyclic) bond motifs is 3. The Balaban J connectivity index is 0.00000343. The molecule has 0 bridgehead atoms. The topological polar surface area (TPSA) is 44.9 Å². The number of nitrogens with zero attached hydrogens (tertiary/aromatic N) is 4. The Morgan fingerprint density at radius 2 is 1.66 bits per heavy atom. The van der Waals surface area contributed by atoms with E-state index in [1.807, 2.05) is 47.4 Å². The van der Waals surface area contributed by atoms with E-state index in [-0.39, 0.29) is 21.1 Å². The van der Waals surface area contributed by atoms with Crippen LogP contribution in [0.15, 0.2) is 97.5 Å². The Hall–Kier alpha value is -4.47. The van der Waals surface area contributed by atoms with Gasteiger partial charge in [-0.25, -0.2) is 4.98 Å². The van der Waals surface area contributed by atoms with E-state index >= 15 is 0 Å². The van der Waals surface area contributed by atoms with Gasteiger partial charge < -0.3 is 9.30 Å². The number of aryl methyl sites for hydroxylation is 3. The van der Waals surface area contributed by atoms with Crippen LogP contribution in [0.5, 0.6) is 11.5 Å². The van der Waals surface area contributed by atoms with Crippen LogP contribution in [-0.2, 0) is 33.9 Å². The fourth-order valence-corrected chi connectivity index (χ4v) is 6.06. The molecule has 0 aliphatic carbocycles. The van der Waals surface area contributed by atoms with Gasteiger partial charge >= 0.3 is 21.1 Å². The zero-order chi connectivity index (χ0) is 29.5. The number of benzene rings is 4. The van der Waals surface area contributed by atoms with Crippen molar-refractivity contribution in [2.75, 3.05) is 0 Å². The summed E-state index contributed by atoms with van der Waals surface area (Å²) in [4.78, 5) is 4.68. The van der Waals surface area contributed by atoms with Gasteiger partial charge in [0.25, 0.3) is 0 Å². The minimum absolute atomic E-state index is 0. The number of aromatic nitrogens is 4. The van der Waals surface area contributed by atoms with E-state index in [0.29, 0.717) is 11.5 Å². The molecule has 3 aromatic heterocycles. The predicted octanol–water partition coefficient (Wildman–Crippen LogP) is 9.16. The van der Waals surface area contributed by atoms with Crippen LogP contribution in [0.25, 0.3) is 44.4 Å². The Bertz CT molecular complexity index is 2120. The largest absolute Gasteiger partial charge is 2.00 e. The summed E-state index contributed by atoms with van der Waals surface area (Å²) in [5.41, 5.74) is 10.4. The third-order valence-corrected chi connectivity index (χ3v) is 8.15. The quantitative estimate of drug-likeness (QED) is 0.153. The number of pyridine rings is 1. The monoisotopic (exact) mass is 755 g/mol. The van der Waals surface area contributed by atoms with Gasteiger partial charge in [-0.3, -0.25) is 4.68 Å². The number of rotatable bonds is 7. The molecule has 3 heterocycles. The zero-order valence-corrected chi connectivity index (χ0v) is 27.4. The van der Waals surface area contributed by atoms with Gasteiger partial charge in [-0.05, 0) is 83.8 Å². The van der Waals surface area contributed by atoms with E-state index in [2.05, 4.69) is 104 Å². The summed E-state index contributed by atoms with van der Waals surface area (Å²) in [5.74, 6) is 2.06. The average Bonchev–Trinajstić information content (AvgIpc) is 3.64. The Kier molecular flexibility index (Phi) is 8.25. The van der Waals surface area contributed by atoms with E-state index < -0.39 is 0 Å². The van der Waals surface area contributed by atoms with E-state index in [1.165, 1.54) is 22.3 Å². The van der Waals surface area contributed by atoms with Crippen LogP contribution in [0.2, 0.25) is 0 Å². The second kappa shape index (κ2) is 12.3. The summed E-state index contributed by atoms with van der Waals surface area (Å²) in [6.07, 6.45) is 7.85. The summed E-state index contributed by atoms with van der Waals surface area (Å²) in [7, 11) is 0. The predicted molar refractivity (Wildman–Crippen MR) is 174 cm³/mol. The van der Waals surface area contributed by atoms with E-state index in [4.69, 9.17) is 9.84 Å². The Labute approximate surface area is 272 Å². The van der Waals surface area contributed by atoms with Gasteiger partial charge in [0, 0.05) is 35.0 Å². The third kappa shape index (κ3) is 5.26. The molecule has 0 spiro atoms. The number of ether oxygens (including phenoxy) is 1. The summed E-state index contributed by atoms with van der Waals surface area (Å²) < 4.78 is 10.4. The first kappa shape index (κ1) is 29.6. The molecule has 7 aromatic rings. The Morgan fingerprint density at radius 3 is 2.48 bits per heavy atom. The van der Waals surface area contributed by atoms with Crippen LogP contribution in [0.4, 0.5) is 0 Å². The molecule has 44 heavy (non-hydrogen) atoms. The van der Waals surface area contributed by atoms with E-state index in [9.17, 15) is 0 Å². The van der Waals surface area contributed by atoms with Gasteiger partial charge in [0.1, 0.15) is 5.82 Å². The van der Waals surface area contributed by atoms with Crippen LogP contribution in [0.1, 0.15) is 36.1 Å². The standard InChI is InChI=1S/C38H32N4O.Pt/c1-5-27-15-14-26(4)32(6-2)38(27)28-23-40-41(24-28)29-10-9-11-30(21-29)43-31-16-17-34-33-12-7-8-13-35(33)42(36(34)22-31)37-20-25(3)18-19-39-37;/h7-20,23-24H,5-6H2,1-4H3;/q-2;+2. The third-order valence-electron chi connectivity index (χ3n) is 8.15. The first-order chi connectivity index (χ1) is 21.0. The van der Waals surface area contributed by atoms with Crippen molar-refractivity contribution >= 4 is 21.8 Å². The zero-order valence-electron chi connectivity index (χ0n) is 25.2. The fraction of sp³-hybridized carbons (Fsp3) is 0.158. The van der Waals surface area contributed by atoms with Crippen molar-refractivity contribution in [3.8, 4) is 34.1 Å². The number of para-hydroxylation sites is 1. The molecule has 0 atom stereocenters. The molecule has 0 aliphatic heterocycles. The first-order valence-electron chi connectivity index (χ1n) is 14.8. The van der Waals surface area contributed by atoms with Gasteiger partial charge in [-0.2, -0.15) is 17.2 Å². The molecule has 7 rings (SSSR count). The van der Waals surface area contributed by atoms with Crippen molar-refractivity contribution in [2.24, 2.45) is 0 Å². The van der Waals surface area contributed by atoms with Crippen molar-refractivity contribution in [3.05, 3.63) is 132 Å². The molecule has 0 amide bonds. The van der Waals surface area contributed by atoms with Crippen molar-refractivity contribution in [1.82, 2.24) is 19.3 Å². The molecule has 0 unspecified atom stereocenters. The molecule has 0 aliphatic rings. The minimum atomic E-state index is 0. The second-order valence-corrected chi connectivity index (χ2v) is 10.9. The Morgan fingerprint density at radius 1 is 0.818 bits per heavy atom. The summed E-state index contributed by atoms with van der Waals surface area (Å²) in [5, 5.41) is 6.97. The molecule has 0 N–H and O–H groups in total. The molecular formula is C38H32N4OPt. The van der Waals surface area contributed by atoms with Crippen LogP contribution in [0.3, 0.4) is 0 Å². The normalized spacial score (nSPS) is 11.2. The molecule has 5 nitrogen and oxygen atoms in total. The summed E-state index contributed by atoms with van der Waals surface area (Å²) >= 11 is 0. The van der Waals surface area contributed by atoms with E-state index in [0.717, 1.165) is 57.3 Å². The van der Waals surface area contributed by atoms with Crippen LogP contribution in [0, 0.1) is 26.0 Å². The van der Waals surface area contributed by atoms with Crippen LogP contribution >= 0.6 is 0 Å². The second-order valence-electron chi connectivity index (χ2n) is 10.9. The number of hydrogen-bond donors (Lipinski definition) is 0. The summed E-state index contributed by atoms with van der Waals surface area (Å²) in [6, 6.07) is 33.8. The maximum atomic E-state index is 6.35. The van der Waals surface area contributed by atoms with Crippen LogP contribution in [-0.4, -0.2) is 19.3 Å². The van der Waals surface area contributed by atoms with E-state index in [1.54, 1.807) is 0 Å². The first-order valence-corrected chi connectivity index (χ1v) is 14.8. The van der Waals surface area contributed by atoms with Crippen molar-refractivity contribution in [3.63, 3.8) is 0 Å². The fourth-order valence-electron chi connectivity index (χ4n) is 6.06. The molecule has 4 aromatic carbocycles. The molecule has 0 saturated carbocycles. The van der Waals surface area contributed by atoms with Gasteiger partial charge in [0.05, 0.1) is 6.20 Å². The SMILES string of the molecule is CCc1ccc(C)c(CC)c1-c1cnn(-c2[c-]c(Oc3[c-]c4c(cc3)c3ccccc3n4-c3cc(C)ccn3)ccc2)c1.[Pt+2]. The molecule has 6 heteroatoms. The molecule has 0 fully saturated rings. The maximum absolute atomic E-state index is 6.35. The average molecular weight is 756 g/mol. The minimum Gasteiger partial charge on any atom is -0.509 e. The van der Waals surface area contributed by atoms with Crippen molar-refractivity contribution in [1.29, 1.82) is 0 Å². The molecule has 0 radical (unpaired) electrons. The molecular weight excluding hydrogens is 724 g/mol. The maximum Gasteiger partial charge on any atom is 2.00 e. The number of hydrogen-bond acceptors (Lipinski definition) is 3. The molecule has 0 saturated heterocycles. The van der Waals surface area contributed by atoms with Gasteiger partial charge in [0.2, 0.25) is 0 Å². The van der Waals surface area contributed by atoms with Gasteiger partial charge in [-0.1, -0.05) is 49.7 Å².